The summed E-state index contributed by atoms with van der Waals surface area (Å²) in [4.78, 5) is 30.3. The molecule has 148 valence electrons. The molecule has 1 aliphatic heterocycles. The number of amides is 1. The van der Waals surface area contributed by atoms with E-state index in [2.05, 4.69) is 4.98 Å². The van der Waals surface area contributed by atoms with Gasteiger partial charge in [-0.2, -0.15) is 0 Å². The van der Waals surface area contributed by atoms with Gasteiger partial charge in [0, 0.05) is 37.4 Å². The minimum absolute atomic E-state index is 0.0749. The van der Waals surface area contributed by atoms with Gasteiger partial charge in [0.25, 0.3) is 0 Å². The van der Waals surface area contributed by atoms with E-state index in [4.69, 9.17) is 4.42 Å². The maximum absolute atomic E-state index is 12.7. The summed E-state index contributed by atoms with van der Waals surface area (Å²) in [6.45, 7) is 0.648. The Morgan fingerprint density at radius 2 is 1.72 bits per heavy atom. The van der Waals surface area contributed by atoms with Crippen LogP contribution in [0.15, 0.2) is 71.3 Å². The highest BCUT2D eigenvalue weighted by Gasteiger charge is 2.40. The number of carboxylic acids is 1. The molecule has 0 bridgehead atoms. The first-order valence-electron chi connectivity index (χ1n) is 9.67. The second-order valence-electron chi connectivity index (χ2n) is 7.24. The fourth-order valence-electron chi connectivity index (χ4n) is 3.83. The Kier molecular flexibility index (Phi) is 5.42. The molecule has 1 amide bonds. The smallest absolute Gasteiger partial charge is 0.308 e. The summed E-state index contributed by atoms with van der Waals surface area (Å²) in [7, 11) is 0. The largest absolute Gasteiger partial charge is 0.481 e. The number of aliphatic carboxylic acids is 1. The molecule has 4 rings (SSSR count). The van der Waals surface area contributed by atoms with Crippen molar-refractivity contribution in [1.82, 2.24) is 9.88 Å². The van der Waals surface area contributed by atoms with E-state index in [1.54, 1.807) is 11.1 Å². The van der Waals surface area contributed by atoms with Crippen molar-refractivity contribution in [2.24, 2.45) is 5.92 Å². The lowest BCUT2D eigenvalue weighted by atomic mass is 9.89. The van der Waals surface area contributed by atoms with Crippen LogP contribution in [0.25, 0.3) is 11.3 Å². The van der Waals surface area contributed by atoms with E-state index in [1.807, 2.05) is 60.7 Å². The second kappa shape index (κ2) is 8.31. The first-order valence-corrected chi connectivity index (χ1v) is 9.67. The van der Waals surface area contributed by atoms with Gasteiger partial charge < -0.3 is 14.4 Å². The molecule has 1 aromatic heterocycles. The van der Waals surface area contributed by atoms with Crippen LogP contribution in [0.3, 0.4) is 0 Å². The number of benzene rings is 2. The summed E-state index contributed by atoms with van der Waals surface area (Å²) >= 11 is 0. The number of nitrogens with zero attached hydrogens (tertiary/aromatic N) is 2. The maximum atomic E-state index is 12.7. The van der Waals surface area contributed by atoms with Gasteiger partial charge in [0.1, 0.15) is 0 Å². The second-order valence-corrected chi connectivity index (χ2v) is 7.24. The van der Waals surface area contributed by atoms with Crippen molar-refractivity contribution in [2.45, 2.75) is 18.8 Å². The Morgan fingerprint density at radius 3 is 2.41 bits per heavy atom. The Bertz CT molecular complexity index is 984. The number of carbonyl (C=O) groups excluding carboxylic acids is 1. The molecule has 6 nitrogen and oxygen atoms in total. The van der Waals surface area contributed by atoms with Crippen LogP contribution in [0.5, 0.6) is 0 Å². The zero-order chi connectivity index (χ0) is 20.2. The van der Waals surface area contributed by atoms with E-state index in [-0.39, 0.29) is 24.8 Å². The molecule has 6 heteroatoms. The van der Waals surface area contributed by atoms with Crippen LogP contribution in [0.2, 0.25) is 0 Å². The molecule has 0 unspecified atom stereocenters. The minimum Gasteiger partial charge on any atom is -0.481 e. The van der Waals surface area contributed by atoms with Gasteiger partial charge in [-0.05, 0) is 5.56 Å². The number of hydrogen-bond donors (Lipinski definition) is 1. The van der Waals surface area contributed by atoms with Gasteiger partial charge >= 0.3 is 5.97 Å². The Hall–Kier alpha value is -3.41. The highest BCUT2D eigenvalue weighted by atomic mass is 16.4. The van der Waals surface area contributed by atoms with Crippen LogP contribution in [0.1, 0.15) is 23.8 Å². The van der Waals surface area contributed by atoms with Crippen LogP contribution in [-0.2, 0) is 16.0 Å². The number of carbonyl (C=O) groups is 2. The predicted octanol–water partition coefficient (Wildman–Crippen LogP) is 3.60. The third-order valence-electron chi connectivity index (χ3n) is 5.38. The lowest BCUT2D eigenvalue weighted by Crippen LogP contribution is -2.30. The van der Waals surface area contributed by atoms with Crippen molar-refractivity contribution in [3.05, 3.63) is 78.3 Å². The average Bonchev–Trinajstić information content (AvgIpc) is 3.41. The van der Waals surface area contributed by atoms with Gasteiger partial charge in [-0.15, -0.1) is 0 Å². The average molecular weight is 390 g/mol. The van der Waals surface area contributed by atoms with Crippen molar-refractivity contribution < 1.29 is 19.1 Å². The van der Waals surface area contributed by atoms with E-state index in [1.165, 1.54) is 0 Å². The number of aromatic nitrogens is 1. The number of likely N-dealkylation sites (tertiary alicyclic amines) is 1. The number of carboxylic acid groups (broad SMARTS) is 1. The fourth-order valence-corrected chi connectivity index (χ4v) is 3.83. The summed E-state index contributed by atoms with van der Waals surface area (Å²) in [6.07, 6.45) is 2.29. The zero-order valence-electron chi connectivity index (χ0n) is 15.9. The van der Waals surface area contributed by atoms with Crippen LogP contribution >= 0.6 is 0 Å². The quantitative estimate of drug-likeness (QED) is 0.695. The Morgan fingerprint density at radius 1 is 1.03 bits per heavy atom. The first kappa shape index (κ1) is 18.9. The molecule has 29 heavy (non-hydrogen) atoms. The molecule has 0 saturated carbocycles. The van der Waals surface area contributed by atoms with Crippen LogP contribution < -0.4 is 0 Å². The topological polar surface area (TPSA) is 83.6 Å². The number of hydrogen-bond acceptors (Lipinski definition) is 4. The standard InChI is InChI=1S/C23H22N2O4/c26-22(12-11-21-24-13-20(29-21)17-9-5-2-6-10-17)25-14-18(19(15-25)23(27)28)16-7-3-1-4-8-16/h1-10,13,18-19H,11-12,14-15H2,(H,27,28)/t18-,19-/m1/s1. The van der Waals surface area contributed by atoms with Gasteiger partial charge in [-0.1, -0.05) is 60.7 Å². The lowest BCUT2D eigenvalue weighted by Gasteiger charge is -2.16. The van der Waals surface area contributed by atoms with Gasteiger partial charge in [0.05, 0.1) is 12.1 Å². The van der Waals surface area contributed by atoms with E-state index >= 15 is 0 Å². The van der Waals surface area contributed by atoms with Crippen molar-refractivity contribution >= 4 is 11.9 Å². The number of rotatable bonds is 6. The van der Waals surface area contributed by atoms with Crippen LogP contribution in [0.4, 0.5) is 0 Å². The van der Waals surface area contributed by atoms with Gasteiger partial charge in [0.2, 0.25) is 5.91 Å². The normalized spacial score (nSPS) is 18.7. The summed E-state index contributed by atoms with van der Waals surface area (Å²) < 4.78 is 5.76. The molecule has 0 radical (unpaired) electrons. The van der Waals surface area contributed by atoms with Crippen molar-refractivity contribution in [3.8, 4) is 11.3 Å². The molecule has 2 atom stereocenters. The zero-order valence-corrected chi connectivity index (χ0v) is 15.9. The third kappa shape index (κ3) is 4.21. The molecule has 3 aromatic rings. The molecule has 0 aliphatic carbocycles. The lowest BCUT2D eigenvalue weighted by molar-refractivity contribution is -0.141. The molecule has 2 aromatic carbocycles. The third-order valence-corrected chi connectivity index (χ3v) is 5.38. The molecular formula is C23H22N2O4. The summed E-state index contributed by atoms with van der Waals surface area (Å²) in [5.74, 6) is -0.546. The first-order chi connectivity index (χ1) is 14.1. The summed E-state index contributed by atoms with van der Waals surface area (Å²) in [5.41, 5.74) is 1.89. The van der Waals surface area contributed by atoms with Crippen LogP contribution in [0, 0.1) is 5.92 Å². The van der Waals surface area contributed by atoms with E-state index in [0.717, 1.165) is 11.1 Å². The van der Waals surface area contributed by atoms with E-state index in [9.17, 15) is 14.7 Å². The Balaban J connectivity index is 1.39. The van der Waals surface area contributed by atoms with E-state index in [0.29, 0.717) is 24.6 Å². The molecule has 1 N–H and O–H groups in total. The summed E-state index contributed by atoms with van der Waals surface area (Å²) in [5, 5.41) is 9.60. The number of aryl methyl sites for hydroxylation is 1. The van der Waals surface area contributed by atoms with Crippen molar-refractivity contribution in [1.29, 1.82) is 0 Å². The molecule has 1 aliphatic rings. The van der Waals surface area contributed by atoms with Crippen molar-refractivity contribution in [3.63, 3.8) is 0 Å². The van der Waals surface area contributed by atoms with Crippen LogP contribution in [-0.4, -0.2) is 40.0 Å². The molecule has 0 spiro atoms. The molecule has 2 heterocycles. The van der Waals surface area contributed by atoms with E-state index < -0.39 is 11.9 Å². The monoisotopic (exact) mass is 390 g/mol. The summed E-state index contributed by atoms with van der Waals surface area (Å²) in [6, 6.07) is 19.2. The Labute approximate surface area is 168 Å². The highest BCUT2D eigenvalue weighted by Crippen LogP contribution is 2.33. The van der Waals surface area contributed by atoms with Gasteiger partial charge in [-0.25, -0.2) is 4.98 Å². The minimum atomic E-state index is -0.866. The molecular weight excluding hydrogens is 368 g/mol. The number of oxazole rings is 1. The predicted molar refractivity (Wildman–Crippen MR) is 107 cm³/mol. The van der Waals surface area contributed by atoms with Crippen molar-refractivity contribution in [2.75, 3.05) is 13.1 Å². The van der Waals surface area contributed by atoms with Gasteiger partial charge in [-0.3, -0.25) is 9.59 Å². The van der Waals surface area contributed by atoms with Gasteiger partial charge in [0.15, 0.2) is 11.7 Å². The molecule has 1 fully saturated rings. The fraction of sp³-hybridized carbons (Fsp3) is 0.261. The highest BCUT2D eigenvalue weighted by molar-refractivity contribution is 5.79. The SMILES string of the molecule is O=C(O)[C@@H]1CN(C(=O)CCc2ncc(-c3ccccc3)o2)C[C@@H]1c1ccccc1. The molecule has 1 saturated heterocycles. The maximum Gasteiger partial charge on any atom is 0.308 e.